The van der Waals surface area contributed by atoms with Crippen molar-refractivity contribution in [3.05, 3.63) is 12.2 Å². The van der Waals surface area contributed by atoms with Crippen LogP contribution < -0.4 is 0 Å². The maximum atomic E-state index is 11.5. The third kappa shape index (κ3) is 2.84. The maximum Gasteiger partial charge on any atom is 0.333 e. The summed E-state index contributed by atoms with van der Waals surface area (Å²) in [7, 11) is 0. The topological polar surface area (TPSA) is 76.4 Å². The van der Waals surface area contributed by atoms with Gasteiger partial charge in [0.2, 0.25) is 0 Å². The molecule has 0 aromatic carbocycles. The molecule has 0 N–H and O–H groups in total. The zero-order valence-corrected chi connectivity index (χ0v) is 9.99. The molecule has 0 radical (unpaired) electrons. The van der Waals surface area contributed by atoms with E-state index in [1.54, 1.807) is 0 Å². The Labute approximate surface area is 100 Å². The molecule has 0 spiro atoms. The molecular weight excluding hydrogens is 222 g/mol. The SMILES string of the molecule is C=C(C)C(=O)OCCOC(=O)C1(C#N)CC1C. The lowest BCUT2D eigenvalue weighted by Crippen LogP contribution is -2.22. The standard InChI is InChI=1S/C12H15NO4/c1-8(2)10(14)16-4-5-17-11(15)12(7-13)6-9(12)3/h9H,1,4-6H2,2-3H3. The average Bonchev–Trinajstić information content (AvgIpc) is 2.96. The number of rotatable bonds is 5. The molecule has 0 aromatic heterocycles. The lowest BCUT2D eigenvalue weighted by molar-refractivity contribution is -0.153. The van der Waals surface area contributed by atoms with Crippen LogP contribution >= 0.6 is 0 Å². The molecule has 0 saturated heterocycles. The summed E-state index contributed by atoms with van der Waals surface area (Å²) in [5.74, 6) is -1.01. The van der Waals surface area contributed by atoms with Crippen LogP contribution in [0.3, 0.4) is 0 Å². The molecule has 0 heterocycles. The highest BCUT2D eigenvalue weighted by atomic mass is 16.6. The highest BCUT2D eigenvalue weighted by molar-refractivity contribution is 5.87. The molecule has 1 rings (SSSR count). The van der Waals surface area contributed by atoms with Crippen LogP contribution in [0.2, 0.25) is 0 Å². The lowest BCUT2D eigenvalue weighted by atomic mass is 10.1. The normalized spacial score (nSPS) is 25.6. The molecule has 17 heavy (non-hydrogen) atoms. The van der Waals surface area contributed by atoms with E-state index in [1.165, 1.54) is 6.92 Å². The van der Waals surface area contributed by atoms with Gasteiger partial charge in [-0.25, -0.2) is 4.79 Å². The van der Waals surface area contributed by atoms with Crippen molar-refractivity contribution in [3.63, 3.8) is 0 Å². The summed E-state index contributed by atoms with van der Waals surface area (Å²) in [5, 5.41) is 8.87. The van der Waals surface area contributed by atoms with Crippen LogP contribution in [0.25, 0.3) is 0 Å². The third-order valence-electron chi connectivity index (χ3n) is 2.77. The van der Waals surface area contributed by atoms with Crippen LogP contribution in [0, 0.1) is 22.7 Å². The van der Waals surface area contributed by atoms with Gasteiger partial charge in [0.05, 0.1) is 6.07 Å². The summed E-state index contributed by atoms with van der Waals surface area (Å²) in [6, 6.07) is 1.97. The van der Waals surface area contributed by atoms with Crippen LogP contribution in [-0.2, 0) is 19.1 Å². The van der Waals surface area contributed by atoms with E-state index >= 15 is 0 Å². The summed E-state index contributed by atoms with van der Waals surface area (Å²) in [6.45, 7) is 6.72. The van der Waals surface area contributed by atoms with Crippen molar-refractivity contribution in [2.45, 2.75) is 20.3 Å². The minimum absolute atomic E-state index is 0.0205. The summed E-state index contributed by atoms with van der Waals surface area (Å²) < 4.78 is 9.64. The quantitative estimate of drug-likeness (QED) is 0.408. The second kappa shape index (κ2) is 5.00. The van der Waals surface area contributed by atoms with Crippen LogP contribution in [0.4, 0.5) is 0 Å². The van der Waals surface area contributed by atoms with Gasteiger partial charge in [-0.05, 0) is 19.3 Å². The Morgan fingerprint density at radius 1 is 1.47 bits per heavy atom. The van der Waals surface area contributed by atoms with Gasteiger partial charge < -0.3 is 9.47 Å². The summed E-state index contributed by atoms with van der Waals surface area (Å²) >= 11 is 0. The number of esters is 2. The Bertz CT molecular complexity index is 396. The van der Waals surface area contributed by atoms with Gasteiger partial charge in [0.25, 0.3) is 0 Å². The lowest BCUT2D eigenvalue weighted by Gasteiger charge is -2.08. The first kappa shape index (κ1) is 13.2. The molecule has 1 aliphatic rings. The fourth-order valence-corrected chi connectivity index (χ4v) is 1.43. The molecule has 2 atom stereocenters. The molecule has 1 fully saturated rings. The Balaban J connectivity index is 2.25. The van der Waals surface area contributed by atoms with E-state index in [1.807, 2.05) is 13.0 Å². The molecule has 0 bridgehead atoms. The second-order valence-corrected chi connectivity index (χ2v) is 4.24. The van der Waals surface area contributed by atoms with Crippen molar-refractivity contribution in [1.29, 1.82) is 5.26 Å². The molecule has 1 saturated carbocycles. The fourth-order valence-electron chi connectivity index (χ4n) is 1.43. The molecule has 0 aliphatic heterocycles. The van der Waals surface area contributed by atoms with Crippen molar-refractivity contribution in [3.8, 4) is 6.07 Å². The first-order valence-corrected chi connectivity index (χ1v) is 5.35. The van der Waals surface area contributed by atoms with E-state index in [0.29, 0.717) is 12.0 Å². The number of carbonyl (C=O) groups excluding carboxylic acids is 2. The highest BCUT2D eigenvalue weighted by Gasteiger charge is 2.59. The molecule has 1 aliphatic carbocycles. The van der Waals surface area contributed by atoms with Crippen molar-refractivity contribution in [1.82, 2.24) is 0 Å². The number of hydrogen-bond donors (Lipinski definition) is 0. The van der Waals surface area contributed by atoms with Gasteiger partial charge in [0, 0.05) is 5.57 Å². The zero-order valence-electron chi connectivity index (χ0n) is 9.99. The van der Waals surface area contributed by atoms with Crippen LogP contribution in [-0.4, -0.2) is 25.2 Å². The predicted octanol–water partition coefficient (Wildman–Crippen LogP) is 1.20. The van der Waals surface area contributed by atoms with Gasteiger partial charge in [-0.2, -0.15) is 5.26 Å². The zero-order chi connectivity index (χ0) is 13.1. The highest BCUT2D eigenvalue weighted by Crippen LogP contribution is 2.52. The van der Waals surface area contributed by atoms with Crippen LogP contribution in [0.5, 0.6) is 0 Å². The van der Waals surface area contributed by atoms with Gasteiger partial charge in [-0.1, -0.05) is 13.5 Å². The molecule has 5 nitrogen and oxygen atoms in total. The minimum atomic E-state index is -0.974. The Kier molecular flexibility index (Phi) is 3.89. The van der Waals surface area contributed by atoms with Gasteiger partial charge in [-0.3, -0.25) is 4.79 Å². The molecular formula is C12H15NO4. The van der Waals surface area contributed by atoms with Gasteiger partial charge >= 0.3 is 11.9 Å². The second-order valence-electron chi connectivity index (χ2n) is 4.24. The van der Waals surface area contributed by atoms with Crippen LogP contribution in [0.15, 0.2) is 12.2 Å². The van der Waals surface area contributed by atoms with Crippen molar-refractivity contribution in [2.75, 3.05) is 13.2 Å². The Morgan fingerprint density at radius 2 is 2.00 bits per heavy atom. The molecule has 0 aromatic rings. The van der Waals surface area contributed by atoms with E-state index in [2.05, 4.69) is 6.58 Å². The van der Waals surface area contributed by atoms with Crippen molar-refractivity contribution in [2.24, 2.45) is 11.3 Å². The summed E-state index contributed by atoms with van der Waals surface area (Å²) in [4.78, 5) is 22.5. The number of ether oxygens (including phenoxy) is 2. The Morgan fingerprint density at radius 3 is 2.41 bits per heavy atom. The number of hydrogen-bond acceptors (Lipinski definition) is 5. The number of carbonyl (C=O) groups is 2. The monoisotopic (exact) mass is 237 g/mol. The van der Waals surface area contributed by atoms with Gasteiger partial charge in [0.15, 0.2) is 5.41 Å². The third-order valence-corrected chi connectivity index (χ3v) is 2.77. The van der Waals surface area contributed by atoms with Crippen LogP contribution in [0.1, 0.15) is 20.3 Å². The first-order chi connectivity index (χ1) is 7.94. The average molecular weight is 237 g/mol. The van der Waals surface area contributed by atoms with E-state index < -0.39 is 17.4 Å². The van der Waals surface area contributed by atoms with E-state index in [0.717, 1.165) is 0 Å². The number of nitrogens with zero attached hydrogens (tertiary/aromatic N) is 1. The Hall–Kier alpha value is -1.83. The summed E-state index contributed by atoms with van der Waals surface area (Å²) in [5.41, 5.74) is -0.682. The van der Waals surface area contributed by atoms with Crippen molar-refractivity contribution < 1.29 is 19.1 Å². The minimum Gasteiger partial charge on any atom is -0.461 e. The summed E-state index contributed by atoms with van der Waals surface area (Å²) in [6.07, 6.45) is 0.536. The first-order valence-electron chi connectivity index (χ1n) is 5.35. The van der Waals surface area contributed by atoms with Crippen molar-refractivity contribution >= 4 is 11.9 Å². The smallest absolute Gasteiger partial charge is 0.333 e. The molecule has 2 unspecified atom stereocenters. The van der Waals surface area contributed by atoms with E-state index in [4.69, 9.17) is 14.7 Å². The van der Waals surface area contributed by atoms with Gasteiger partial charge in [0.1, 0.15) is 13.2 Å². The maximum absolute atomic E-state index is 11.5. The fraction of sp³-hybridized carbons (Fsp3) is 0.583. The van der Waals surface area contributed by atoms with E-state index in [9.17, 15) is 9.59 Å². The predicted molar refractivity (Wildman–Crippen MR) is 58.6 cm³/mol. The molecule has 92 valence electrons. The van der Waals surface area contributed by atoms with Gasteiger partial charge in [-0.15, -0.1) is 0 Å². The molecule has 0 amide bonds. The van der Waals surface area contributed by atoms with E-state index in [-0.39, 0.29) is 19.1 Å². The molecule has 5 heteroatoms. The largest absolute Gasteiger partial charge is 0.461 e. The number of nitriles is 1.